The van der Waals surface area contributed by atoms with Crippen molar-refractivity contribution in [2.45, 2.75) is 38.3 Å². The molecule has 0 aromatic heterocycles. The lowest BCUT2D eigenvalue weighted by Gasteiger charge is -2.40. The fourth-order valence-corrected chi connectivity index (χ4v) is 3.47. The molecule has 0 bridgehead atoms. The molecule has 3 nitrogen and oxygen atoms in total. The Morgan fingerprint density at radius 3 is 2.65 bits per heavy atom. The van der Waals surface area contributed by atoms with Gasteiger partial charge >= 0.3 is 0 Å². The quantitative estimate of drug-likeness (QED) is 0.866. The lowest BCUT2D eigenvalue weighted by molar-refractivity contribution is 0.0884. The smallest absolute Gasteiger partial charge is 0.0499 e. The Morgan fingerprint density at radius 2 is 2.10 bits per heavy atom. The van der Waals surface area contributed by atoms with Crippen molar-refractivity contribution in [1.29, 1.82) is 0 Å². The van der Waals surface area contributed by atoms with Crippen molar-refractivity contribution in [1.82, 2.24) is 4.90 Å². The summed E-state index contributed by atoms with van der Waals surface area (Å²) in [6.45, 7) is 4.51. The van der Waals surface area contributed by atoms with Crippen LogP contribution >= 0.6 is 15.9 Å². The number of halogens is 1. The molecule has 3 N–H and O–H groups in total. The van der Waals surface area contributed by atoms with E-state index in [0.29, 0.717) is 12.5 Å². The van der Waals surface area contributed by atoms with E-state index < -0.39 is 0 Å². The molecule has 1 fully saturated rings. The molecule has 1 aromatic rings. The number of benzene rings is 1. The summed E-state index contributed by atoms with van der Waals surface area (Å²) < 4.78 is 1.11. The first kappa shape index (κ1) is 16.0. The molecule has 20 heavy (non-hydrogen) atoms. The predicted molar refractivity (Wildman–Crippen MR) is 86.5 cm³/mol. The second-order valence-electron chi connectivity index (χ2n) is 5.73. The van der Waals surface area contributed by atoms with Crippen LogP contribution in [0.3, 0.4) is 0 Å². The van der Waals surface area contributed by atoms with Gasteiger partial charge in [-0.3, -0.25) is 4.90 Å². The number of rotatable bonds is 5. The summed E-state index contributed by atoms with van der Waals surface area (Å²) in [7, 11) is 0. The summed E-state index contributed by atoms with van der Waals surface area (Å²) in [5.74, 6) is 0.465. The van der Waals surface area contributed by atoms with Crippen LogP contribution in [-0.2, 0) is 0 Å². The molecule has 0 amide bonds. The Balaban J connectivity index is 2.16. The van der Waals surface area contributed by atoms with E-state index in [-0.39, 0.29) is 12.1 Å². The van der Waals surface area contributed by atoms with Crippen molar-refractivity contribution >= 4 is 15.9 Å². The fraction of sp³-hybridized carbons (Fsp3) is 0.625. The number of aliphatic hydroxyl groups excluding tert-OH is 1. The average molecular weight is 341 g/mol. The van der Waals surface area contributed by atoms with Gasteiger partial charge in [0.25, 0.3) is 0 Å². The molecule has 112 valence electrons. The average Bonchev–Trinajstić information content (AvgIpc) is 2.48. The van der Waals surface area contributed by atoms with Crippen LogP contribution in [-0.4, -0.2) is 35.7 Å². The van der Waals surface area contributed by atoms with Crippen molar-refractivity contribution in [3.8, 4) is 0 Å². The normalized spacial score (nSPS) is 20.8. The monoisotopic (exact) mass is 340 g/mol. The number of hydrogen-bond acceptors (Lipinski definition) is 3. The first-order valence-electron chi connectivity index (χ1n) is 7.51. The second-order valence-corrected chi connectivity index (χ2v) is 6.65. The van der Waals surface area contributed by atoms with Gasteiger partial charge in [-0.1, -0.05) is 35.0 Å². The van der Waals surface area contributed by atoms with Crippen LogP contribution in [0.5, 0.6) is 0 Å². The molecule has 1 heterocycles. The van der Waals surface area contributed by atoms with Gasteiger partial charge in [-0.2, -0.15) is 0 Å². The van der Waals surface area contributed by atoms with Gasteiger partial charge < -0.3 is 10.8 Å². The Labute approximate surface area is 130 Å². The van der Waals surface area contributed by atoms with Gasteiger partial charge in [-0.05, 0) is 56.0 Å². The molecule has 1 aliphatic rings. The number of nitrogens with zero attached hydrogens (tertiary/aromatic N) is 1. The Kier molecular flexibility index (Phi) is 6.02. The van der Waals surface area contributed by atoms with Gasteiger partial charge in [0.2, 0.25) is 0 Å². The Bertz CT molecular complexity index is 419. The minimum absolute atomic E-state index is 0.148. The molecule has 2 rings (SSSR count). The zero-order chi connectivity index (χ0) is 14.5. The van der Waals surface area contributed by atoms with E-state index in [1.165, 1.54) is 5.56 Å². The van der Waals surface area contributed by atoms with E-state index in [1.807, 2.05) is 0 Å². The topological polar surface area (TPSA) is 49.5 Å². The SMILES string of the molecule is CCC(N)C(c1cccc(Br)c1)N1CCC(CO)CC1. The highest BCUT2D eigenvalue weighted by Crippen LogP contribution is 2.31. The van der Waals surface area contributed by atoms with Crippen molar-refractivity contribution in [3.05, 3.63) is 34.3 Å². The van der Waals surface area contributed by atoms with E-state index >= 15 is 0 Å². The van der Waals surface area contributed by atoms with E-state index in [0.717, 1.165) is 36.8 Å². The summed E-state index contributed by atoms with van der Waals surface area (Å²) in [5.41, 5.74) is 7.68. The van der Waals surface area contributed by atoms with E-state index in [1.54, 1.807) is 0 Å². The highest BCUT2D eigenvalue weighted by molar-refractivity contribution is 9.10. The highest BCUT2D eigenvalue weighted by atomic mass is 79.9. The summed E-state index contributed by atoms with van der Waals surface area (Å²) >= 11 is 3.55. The zero-order valence-electron chi connectivity index (χ0n) is 12.1. The first-order chi connectivity index (χ1) is 9.65. The number of hydrogen-bond donors (Lipinski definition) is 2. The van der Waals surface area contributed by atoms with Gasteiger partial charge in [0, 0.05) is 23.2 Å². The highest BCUT2D eigenvalue weighted by Gasteiger charge is 2.29. The van der Waals surface area contributed by atoms with Crippen LogP contribution in [0.15, 0.2) is 28.7 Å². The van der Waals surface area contributed by atoms with Crippen molar-refractivity contribution in [2.24, 2.45) is 11.7 Å². The van der Waals surface area contributed by atoms with E-state index in [2.05, 4.69) is 52.0 Å². The zero-order valence-corrected chi connectivity index (χ0v) is 13.7. The largest absolute Gasteiger partial charge is 0.396 e. The molecule has 2 unspecified atom stereocenters. The molecule has 0 spiro atoms. The van der Waals surface area contributed by atoms with Crippen LogP contribution in [0.25, 0.3) is 0 Å². The number of aliphatic hydroxyl groups is 1. The molecule has 0 radical (unpaired) electrons. The minimum atomic E-state index is 0.148. The number of nitrogens with two attached hydrogens (primary N) is 1. The van der Waals surface area contributed by atoms with Crippen LogP contribution in [0, 0.1) is 5.92 Å². The van der Waals surface area contributed by atoms with Crippen LogP contribution < -0.4 is 5.73 Å². The maximum absolute atomic E-state index is 9.28. The van der Waals surface area contributed by atoms with Gasteiger partial charge in [0.1, 0.15) is 0 Å². The summed E-state index contributed by atoms with van der Waals surface area (Å²) in [5, 5.41) is 9.28. The second kappa shape index (κ2) is 7.55. The van der Waals surface area contributed by atoms with Gasteiger partial charge in [-0.25, -0.2) is 0 Å². The van der Waals surface area contributed by atoms with Gasteiger partial charge in [0.15, 0.2) is 0 Å². The Hall–Kier alpha value is -0.420. The lowest BCUT2D eigenvalue weighted by Crippen LogP contribution is -2.45. The molecule has 1 saturated heterocycles. The van der Waals surface area contributed by atoms with E-state index in [9.17, 15) is 5.11 Å². The minimum Gasteiger partial charge on any atom is -0.396 e. The summed E-state index contributed by atoms with van der Waals surface area (Å²) in [6, 6.07) is 8.90. The maximum atomic E-state index is 9.28. The maximum Gasteiger partial charge on any atom is 0.0499 e. The van der Waals surface area contributed by atoms with Crippen molar-refractivity contribution in [2.75, 3.05) is 19.7 Å². The molecular formula is C16H25BrN2O. The lowest BCUT2D eigenvalue weighted by atomic mass is 9.91. The van der Waals surface area contributed by atoms with Crippen LogP contribution in [0.2, 0.25) is 0 Å². The number of piperidine rings is 1. The van der Waals surface area contributed by atoms with Gasteiger partial charge in [-0.15, -0.1) is 0 Å². The molecule has 0 aliphatic carbocycles. The molecular weight excluding hydrogens is 316 g/mol. The predicted octanol–water partition coefficient (Wildman–Crippen LogP) is 2.93. The molecule has 1 aromatic carbocycles. The Morgan fingerprint density at radius 1 is 1.40 bits per heavy atom. The molecule has 4 heteroatoms. The third-order valence-corrected chi connectivity index (χ3v) is 4.86. The van der Waals surface area contributed by atoms with E-state index in [4.69, 9.17) is 5.73 Å². The van der Waals surface area contributed by atoms with Crippen LogP contribution in [0.1, 0.15) is 37.8 Å². The fourth-order valence-electron chi connectivity index (χ4n) is 3.06. The van der Waals surface area contributed by atoms with Crippen molar-refractivity contribution < 1.29 is 5.11 Å². The van der Waals surface area contributed by atoms with Crippen LogP contribution in [0.4, 0.5) is 0 Å². The molecule has 2 atom stereocenters. The summed E-state index contributed by atoms with van der Waals surface area (Å²) in [6.07, 6.45) is 3.10. The summed E-state index contributed by atoms with van der Waals surface area (Å²) in [4.78, 5) is 2.49. The first-order valence-corrected chi connectivity index (χ1v) is 8.31. The number of likely N-dealkylation sites (tertiary alicyclic amines) is 1. The molecule has 1 aliphatic heterocycles. The van der Waals surface area contributed by atoms with Gasteiger partial charge in [0.05, 0.1) is 0 Å². The standard InChI is InChI=1S/C16H25BrN2O/c1-2-15(18)16(13-4-3-5-14(17)10-13)19-8-6-12(11-20)7-9-19/h3-5,10,12,15-16,20H,2,6-9,11,18H2,1H3. The molecule has 0 saturated carbocycles. The third kappa shape index (κ3) is 3.82. The third-order valence-electron chi connectivity index (χ3n) is 4.37. The van der Waals surface area contributed by atoms with Crippen molar-refractivity contribution in [3.63, 3.8) is 0 Å².